The van der Waals surface area contributed by atoms with Crippen molar-refractivity contribution in [3.63, 3.8) is 0 Å². The molecular weight excluding hydrogens is 252 g/mol. The second kappa shape index (κ2) is 6.89. The van der Waals surface area contributed by atoms with Crippen LogP contribution in [0.3, 0.4) is 0 Å². The largest absolute Gasteiger partial charge is 0.462 e. The molecular formula is C17H24O3. The molecule has 0 spiro atoms. The summed E-state index contributed by atoms with van der Waals surface area (Å²) >= 11 is 0. The second-order valence-electron chi connectivity index (χ2n) is 5.99. The van der Waals surface area contributed by atoms with E-state index in [0.717, 1.165) is 6.42 Å². The number of benzene rings is 1. The molecule has 1 aliphatic rings. The lowest BCUT2D eigenvalue weighted by atomic mass is 9.84. The quantitative estimate of drug-likeness (QED) is 0.773. The van der Waals surface area contributed by atoms with E-state index in [1.165, 1.54) is 5.56 Å². The Hall–Kier alpha value is -1.35. The van der Waals surface area contributed by atoms with Crippen LogP contribution in [0, 0.1) is 17.8 Å². The average molecular weight is 276 g/mol. The summed E-state index contributed by atoms with van der Waals surface area (Å²) in [6, 6.07) is 10.1. The van der Waals surface area contributed by atoms with Crippen molar-refractivity contribution >= 4 is 5.97 Å². The Bertz CT molecular complexity index is 429. The molecule has 1 saturated heterocycles. The zero-order valence-electron chi connectivity index (χ0n) is 12.5. The van der Waals surface area contributed by atoms with Crippen molar-refractivity contribution in [2.75, 3.05) is 6.61 Å². The standard InChI is InChI=1S/C17H24O3/c1-12-9-13(2)17(18)20-16(12)14(3)10-19-11-15-7-5-4-6-8-15/h4-8,12-14,16H,9-11H2,1-3H3/t12-,13-,14-,16-/m0/s1. The van der Waals surface area contributed by atoms with Gasteiger partial charge in [-0.05, 0) is 17.9 Å². The summed E-state index contributed by atoms with van der Waals surface area (Å²) in [6.07, 6.45) is 0.890. The summed E-state index contributed by atoms with van der Waals surface area (Å²) in [4.78, 5) is 11.7. The van der Waals surface area contributed by atoms with Crippen molar-refractivity contribution in [3.05, 3.63) is 35.9 Å². The average Bonchev–Trinajstić information content (AvgIpc) is 2.44. The van der Waals surface area contributed by atoms with Gasteiger partial charge in [-0.25, -0.2) is 0 Å². The zero-order chi connectivity index (χ0) is 14.5. The maximum absolute atomic E-state index is 11.7. The van der Waals surface area contributed by atoms with Crippen molar-refractivity contribution in [1.82, 2.24) is 0 Å². The molecule has 110 valence electrons. The van der Waals surface area contributed by atoms with E-state index >= 15 is 0 Å². The fourth-order valence-corrected chi connectivity index (χ4v) is 2.86. The van der Waals surface area contributed by atoms with Crippen molar-refractivity contribution in [3.8, 4) is 0 Å². The molecule has 3 heteroatoms. The number of cyclic esters (lactones) is 1. The van der Waals surface area contributed by atoms with E-state index in [-0.39, 0.29) is 23.9 Å². The molecule has 0 N–H and O–H groups in total. The first-order valence-corrected chi connectivity index (χ1v) is 7.40. The fourth-order valence-electron chi connectivity index (χ4n) is 2.86. The van der Waals surface area contributed by atoms with Gasteiger partial charge in [0.1, 0.15) is 6.10 Å². The number of ether oxygens (including phenoxy) is 2. The molecule has 2 rings (SSSR count). The van der Waals surface area contributed by atoms with E-state index in [4.69, 9.17) is 9.47 Å². The molecule has 1 aromatic carbocycles. The Morgan fingerprint density at radius 1 is 1.30 bits per heavy atom. The summed E-state index contributed by atoms with van der Waals surface area (Å²) in [5.41, 5.74) is 1.17. The van der Waals surface area contributed by atoms with E-state index in [0.29, 0.717) is 19.1 Å². The van der Waals surface area contributed by atoms with Crippen LogP contribution in [0.15, 0.2) is 30.3 Å². The van der Waals surface area contributed by atoms with Crippen molar-refractivity contribution < 1.29 is 14.3 Å². The molecule has 0 amide bonds. The minimum atomic E-state index is -0.0667. The third kappa shape index (κ3) is 3.83. The van der Waals surface area contributed by atoms with Crippen LogP contribution in [0.5, 0.6) is 0 Å². The summed E-state index contributed by atoms with van der Waals surface area (Å²) in [7, 11) is 0. The predicted molar refractivity (Wildman–Crippen MR) is 78.1 cm³/mol. The maximum Gasteiger partial charge on any atom is 0.308 e. The van der Waals surface area contributed by atoms with Crippen LogP contribution in [-0.4, -0.2) is 18.7 Å². The zero-order valence-corrected chi connectivity index (χ0v) is 12.5. The Kier molecular flexibility index (Phi) is 5.18. The molecule has 3 nitrogen and oxygen atoms in total. The van der Waals surface area contributed by atoms with Gasteiger partial charge < -0.3 is 9.47 Å². The van der Waals surface area contributed by atoms with Gasteiger partial charge in [0.05, 0.1) is 19.1 Å². The molecule has 0 bridgehead atoms. The first-order valence-electron chi connectivity index (χ1n) is 7.40. The molecule has 1 aromatic rings. The molecule has 1 aliphatic heterocycles. The molecule has 1 fully saturated rings. The van der Waals surface area contributed by atoms with Gasteiger partial charge in [0.2, 0.25) is 0 Å². The third-order valence-electron chi connectivity index (χ3n) is 3.99. The number of hydrogen-bond donors (Lipinski definition) is 0. The number of carbonyl (C=O) groups is 1. The van der Waals surface area contributed by atoms with Crippen LogP contribution in [0.4, 0.5) is 0 Å². The Morgan fingerprint density at radius 2 is 2.00 bits per heavy atom. The van der Waals surface area contributed by atoms with E-state index in [1.54, 1.807) is 0 Å². The monoisotopic (exact) mass is 276 g/mol. The Balaban J connectivity index is 1.79. The van der Waals surface area contributed by atoms with Crippen LogP contribution in [0.1, 0.15) is 32.8 Å². The van der Waals surface area contributed by atoms with Crippen LogP contribution in [0.25, 0.3) is 0 Å². The minimum Gasteiger partial charge on any atom is -0.462 e. The number of hydrogen-bond acceptors (Lipinski definition) is 3. The number of carbonyl (C=O) groups excluding carboxylic acids is 1. The van der Waals surface area contributed by atoms with Gasteiger partial charge in [-0.15, -0.1) is 0 Å². The highest BCUT2D eigenvalue weighted by Crippen LogP contribution is 2.30. The van der Waals surface area contributed by atoms with Crippen LogP contribution < -0.4 is 0 Å². The van der Waals surface area contributed by atoms with Gasteiger partial charge in [-0.2, -0.15) is 0 Å². The van der Waals surface area contributed by atoms with E-state index < -0.39 is 0 Å². The highest BCUT2D eigenvalue weighted by atomic mass is 16.5. The van der Waals surface area contributed by atoms with Crippen LogP contribution >= 0.6 is 0 Å². The van der Waals surface area contributed by atoms with Gasteiger partial charge >= 0.3 is 5.97 Å². The Morgan fingerprint density at radius 3 is 2.70 bits per heavy atom. The second-order valence-corrected chi connectivity index (χ2v) is 5.99. The van der Waals surface area contributed by atoms with Crippen LogP contribution in [0.2, 0.25) is 0 Å². The topological polar surface area (TPSA) is 35.5 Å². The van der Waals surface area contributed by atoms with E-state index in [9.17, 15) is 4.79 Å². The SMILES string of the molecule is C[C@H]1C[C@H](C)[C@@H]([C@@H](C)COCc2ccccc2)OC1=O. The molecule has 0 aromatic heterocycles. The van der Waals surface area contributed by atoms with E-state index in [2.05, 4.69) is 26.0 Å². The number of rotatable bonds is 5. The lowest BCUT2D eigenvalue weighted by molar-refractivity contribution is -0.170. The third-order valence-corrected chi connectivity index (χ3v) is 3.99. The molecule has 0 radical (unpaired) electrons. The summed E-state index contributed by atoms with van der Waals surface area (Å²) in [6.45, 7) is 7.41. The highest BCUT2D eigenvalue weighted by molar-refractivity contribution is 5.73. The predicted octanol–water partition coefficient (Wildman–Crippen LogP) is 3.43. The van der Waals surface area contributed by atoms with Crippen molar-refractivity contribution in [1.29, 1.82) is 0 Å². The molecule has 20 heavy (non-hydrogen) atoms. The van der Waals surface area contributed by atoms with Gasteiger partial charge in [-0.3, -0.25) is 4.79 Å². The van der Waals surface area contributed by atoms with Gasteiger partial charge in [0.15, 0.2) is 0 Å². The smallest absolute Gasteiger partial charge is 0.308 e. The van der Waals surface area contributed by atoms with Crippen LogP contribution in [-0.2, 0) is 20.9 Å². The fraction of sp³-hybridized carbons (Fsp3) is 0.588. The summed E-state index contributed by atoms with van der Waals surface area (Å²) in [5.74, 6) is 0.588. The lowest BCUT2D eigenvalue weighted by Crippen LogP contribution is -2.41. The summed E-state index contributed by atoms with van der Waals surface area (Å²) < 4.78 is 11.3. The molecule has 1 heterocycles. The maximum atomic E-state index is 11.7. The lowest BCUT2D eigenvalue weighted by Gasteiger charge is -2.35. The minimum absolute atomic E-state index is 0.0190. The summed E-state index contributed by atoms with van der Waals surface area (Å²) in [5, 5.41) is 0. The molecule has 4 atom stereocenters. The highest BCUT2D eigenvalue weighted by Gasteiger charge is 2.35. The van der Waals surface area contributed by atoms with E-state index in [1.807, 2.05) is 25.1 Å². The van der Waals surface area contributed by atoms with Crippen molar-refractivity contribution in [2.45, 2.75) is 39.9 Å². The first kappa shape index (κ1) is 15.0. The first-order chi connectivity index (χ1) is 9.58. The molecule has 0 aliphatic carbocycles. The molecule has 0 unspecified atom stereocenters. The Labute approximate surface area is 121 Å². The number of esters is 1. The van der Waals surface area contributed by atoms with Gasteiger partial charge in [-0.1, -0.05) is 51.1 Å². The molecule has 0 saturated carbocycles. The van der Waals surface area contributed by atoms with Gasteiger partial charge in [0.25, 0.3) is 0 Å². The van der Waals surface area contributed by atoms with Crippen molar-refractivity contribution in [2.24, 2.45) is 17.8 Å². The van der Waals surface area contributed by atoms with Gasteiger partial charge in [0, 0.05) is 5.92 Å². The normalized spacial score (nSPS) is 27.9.